The largest absolute Gasteiger partial charge is 0.309 e. The van der Waals surface area contributed by atoms with Crippen LogP contribution in [0.25, 0.3) is 0 Å². The summed E-state index contributed by atoms with van der Waals surface area (Å²) < 4.78 is 4.92. The summed E-state index contributed by atoms with van der Waals surface area (Å²) in [6.07, 6.45) is 1.82. The molecule has 74 valence electrons. The van der Waals surface area contributed by atoms with E-state index >= 15 is 0 Å². The summed E-state index contributed by atoms with van der Waals surface area (Å²) in [4.78, 5) is 1.21. The van der Waals surface area contributed by atoms with Gasteiger partial charge in [0.1, 0.15) is 0 Å². The molecule has 0 amide bonds. The van der Waals surface area contributed by atoms with Crippen molar-refractivity contribution in [2.75, 3.05) is 7.05 Å². The Morgan fingerprint density at radius 1 is 1.57 bits per heavy atom. The van der Waals surface area contributed by atoms with Crippen LogP contribution in [-0.4, -0.2) is 11.4 Å². The molecule has 0 aromatic carbocycles. The topological polar surface area (TPSA) is 24.9 Å². The van der Waals surface area contributed by atoms with Gasteiger partial charge >= 0.3 is 0 Å². The highest BCUT2D eigenvalue weighted by Crippen LogP contribution is 2.30. The second-order valence-electron chi connectivity index (χ2n) is 2.82. The van der Waals surface area contributed by atoms with Gasteiger partial charge in [0.2, 0.25) is 0 Å². The number of hydrogen-bond acceptors (Lipinski definition) is 4. The zero-order valence-corrected chi connectivity index (χ0v) is 9.92. The average molecular weight is 245 g/mol. The minimum atomic E-state index is 0.214. The molecule has 1 N–H and O–H groups in total. The fourth-order valence-corrected chi connectivity index (χ4v) is 2.96. The smallest absolute Gasteiger partial charge is 0.0931 e. The van der Waals surface area contributed by atoms with Crippen LogP contribution in [-0.2, 0) is 0 Å². The first-order valence-electron chi connectivity index (χ1n) is 4.13. The highest BCUT2D eigenvalue weighted by molar-refractivity contribution is 7.14. The number of rotatable bonds is 3. The standard InChI is InChI=1S/C9H9ClN2S2/c1-11-9(7-2-3-12-14-7)6-4-8(10)13-5-6/h2-5,9,11H,1H3. The normalized spacial score (nSPS) is 13.0. The van der Waals surface area contributed by atoms with Crippen LogP contribution in [0, 0.1) is 0 Å². The predicted octanol–water partition coefficient (Wildman–Crippen LogP) is 3.17. The molecule has 2 rings (SSSR count). The summed E-state index contributed by atoms with van der Waals surface area (Å²) in [6.45, 7) is 0. The highest BCUT2D eigenvalue weighted by atomic mass is 35.5. The summed E-state index contributed by atoms with van der Waals surface area (Å²) in [5, 5.41) is 5.33. The lowest BCUT2D eigenvalue weighted by molar-refractivity contribution is 0.706. The van der Waals surface area contributed by atoms with Crippen molar-refractivity contribution in [3.8, 4) is 0 Å². The summed E-state index contributed by atoms with van der Waals surface area (Å²) in [5.41, 5.74) is 1.20. The Morgan fingerprint density at radius 2 is 2.43 bits per heavy atom. The van der Waals surface area contributed by atoms with Crippen molar-refractivity contribution in [3.05, 3.63) is 38.5 Å². The average Bonchev–Trinajstić information content (AvgIpc) is 2.79. The van der Waals surface area contributed by atoms with Gasteiger partial charge in [0.05, 0.1) is 10.4 Å². The molecule has 2 heterocycles. The molecule has 1 unspecified atom stereocenters. The van der Waals surface area contributed by atoms with Crippen LogP contribution in [0.2, 0.25) is 4.34 Å². The molecular formula is C9H9ClN2S2. The van der Waals surface area contributed by atoms with Gasteiger partial charge in [-0.1, -0.05) is 11.6 Å². The van der Waals surface area contributed by atoms with E-state index in [0.29, 0.717) is 0 Å². The van der Waals surface area contributed by atoms with Crippen molar-refractivity contribution in [2.24, 2.45) is 0 Å². The van der Waals surface area contributed by atoms with Crippen molar-refractivity contribution in [1.82, 2.24) is 9.69 Å². The van der Waals surface area contributed by atoms with Crippen molar-refractivity contribution in [3.63, 3.8) is 0 Å². The third-order valence-corrected chi connectivity index (χ3v) is 3.87. The van der Waals surface area contributed by atoms with Gasteiger partial charge in [0.15, 0.2) is 0 Å². The Balaban J connectivity index is 2.31. The monoisotopic (exact) mass is 244 g/mol. The fourth-order valence-electron chi connectivity index (χ4n) is 1.32. The van der Waals surface area contributed by atoms with Crippen LogP contribution < -0.4 is 5.32 Å². The van der Waals surface area contributed by atoms with Crippen LogP contribution in [0.1, 0.15) is 16.5 Å². The Labute approximate surface area is 95.7 Å². The summed E-state index contributed by atoms with van der Waals surface area (Å²) >= 11 is 8.97. The highest BCUT2D eigenvalue weighted by Gasteiger charge is 2.14. The van der Waals surface area contributed by atoms with Crippen LogP contribution in [0.3, 0.4) is 0 Å². The Kier molecular flexibility index (Phi) is 3.18. The number of aromatic nitrogens is 1. The number of thiophene rings is 1. The second-order valence-corrected chi connectivity index (χ2v) is 5.23. The molecule has 14 heavy (non-hydrogen) atoms. The van der Waals surface area contributed by atoms with Gasteiger partial charge < -0.3 is 5.32 Å². The van der Waals surface area contributed by atoms with E-state index in [1.165, 1.54) is 22.0 Å². The number of halogens is 1. The van der Waals surface area contributed by atoms with Gasteiger partial charge in [-0.05, 0) is 41.7 Å². The van der Waals surface area contributed by atoms with Gasteiger partial charge in [0.25, 0.3) is 0 Å². The van der Waals surface area contributed by atoms with Gasteiger partial charge in [-0.2, -0.15) is 0 Å². The maximum absolute atomic E-state index is 5.90. The molecule has 2 aromatic heterocycles. The van der Waals surface area contributed by atoms with Crippen molar-refractivity contribution < 1.29 is 0 Å². The van der Waals surface area contributed by atoms with Crippen molar-refractivity contribution >= 4 is 34.5 Å². The van der Waals surface area contributed by atoms with Gasteiger partial charge in [-0.3, -0.25) is 0 Å². The molecule has 0 aliphatic rings. The van der Waals surface area contributed by atoms with E-state index in [0.717, 1.165) is 4.34 Å². The Hall–Kier alpha value is -0.420. The fraction of sp³-hybridized carbons (Fsp3) is 0.222. The Morgan fingerprint density at radius 3 is 2.93 bits per heavy atom. The molecule has 5 heteroatoms. The molecule has 0 radical (unpaired) electrons. The molecule has 0 aliphatic carbocycles. The van der Waals surface area contributed by atoms with Gasteiger partial charge in [0, 0.05) is 11.1 Å². The lowest BCUT2D eigenvalue weighted by Crippen LogP contribution is -2.15. The lowest BCUT2D eigenvalue weighted by Gasteiger charge is -2.11. The predicted molar refractivity (Wildman–Crippen MR) is 62.3 cm³/mol. The number of nitrogens with zero attached hydrogens (tertiary/aromatic N) is 1. The van der Waals surface area contributed by atoms with Crippen LogP contribution in [0.5, 0.6) is 0 Å². The third kappa shape index (κ3) is 1.98. The quantitative estimate of drug-likeness (QED) is 0.897. The molecular weight excluding hydrogens is 236 g/mol. The molecule has 0 saturated heterocycles. The minimum absolute atomic E-state index is 0.214. The zero-order valence-electron chi connectivity index (χ0n) is 7.53. The second kappa shape index (κ2) is 4.40. The summed E-state index contributed by atoms with van der Waals surface area (Å²) in [6, 6.07) is 4.23. The number of nitrogens with one attached hydrogen (secondary N) is 1. The molecule has 0 saturated carbocycles. The molecule has 2 nitrogen and oxygen atoms in total. The van der Waals surface area contributed by atoms with Crippen LogP contribution >= 0.6 is 34.5 Å². The van der Waals surface area contributed by atoms with E-state index in [1.807, 2.05) is 25.4 Å². The van der Waals surface area contributed by atoms with Crippen LogP contribution in [0.4, 0.5) is 0 Å². The molecule has 2 aromatic rings. The first-order valence-corrected chi connectivity index (χ1v) is 6.16. The van der Waals surface area contributed by atoms with Crippen molar-refractivity contribution in [2.45, 2.75) is 6.04 Å². The molecule has 0 aliphatic heterocycles. The van der Waals surface area contributed by atoms with E-state index in [4.69, 9.17) is 11.6 Å². The summed E-state index contributed by atoms with van der Waals surface area (Å²) in [7, 11) is 1.94. The minimum Gasteiger partial charge on any atom is -0.309 e. The van der Waals surface area contributed by atoms with E-state index in [1.54, 1.807) is 11.3 Å². The SMILES string of the molecule is CNC(c1csc(Cl)c1)c1ccns1. The maximum atomic E-state index is 5.90. The van der Waals surface area contributed by atoms with E-state index in [9.17, 15) is 0 Å². The third-order valence-electron chi connectivity index (χ3n) is 1.95. The maximum Gasteiger partial charge on any atom is 0.0931 e. The van der Waals surface area contributed by atoms with E-state index in [-0.39, 0.29) is 6.04 Å². The first-order chi connectivity index (χ1) is 6.81. The Bertz CT molecular complexity index is 397. The lowest BCUT2D eigenvalue weighted by atomic mass is 10.1. The zero-order chi connectivity index (χ0) is 9.97. The molecule has 0 fully saturated rings. The van der Waals surface area contributed by atoms with Crippen LogP contribution in [0.15, 0.2) is 23.7 Å². The van der Waals surface area contributed by atoms with Gasteiger partial charge in [-0.15, -0.1) is 11.3 Å². The number of hydrogen-bond donors (Lipinski definition) is 1. The van der Waals surface area contributed by atoms with E-state index in [2.05, 4.69) is 15.1 Å². The molecule has 0 spiro atoms. The van der Waals surface area contributed by atoms with Crippen molar-refractivity contribution in [1.29, 1.82) is 0 Å². The van der Waals surface area contributed by atoms with Gasteiger partial charge in [-0.25, -0.2) is 4.37 Å². The summed E-state index contributed by atoms with van der Waals surface area (Å²) in [5.74, 6) is 0. The molecule has 0 bridgehead atoms. The molecule has 1 atom stereocenters. The first kappa shape index (κ1) is 10.1. The van der Waals surface area contributed by atoms with E-state index < -0.39 is 0 Å².